The molecule has 0 spiro atoms. The summed E-state index contributed by atoms with van der Waals surface area (Å²) in [6, 6.07) is 0. The molecule has 0 aliphatic rings. The van der Waals surface area contributed by atoms with Gasteiger partial charge in [0.05, 0.1) is 0 Å². The number of nitrogens with zero attached hydrogens (tertiary/aromatic N) is 3. The number of carbonyl (C=O) groups is 1. The lowest BCUT2D eigenvalue weighted by atomic mass is 10.3. The van der Waals surface area contributed by atoms with Gasteiger partial charge in [0, 0.05) is 13.6 Å². The smallest absolute Gasteiger partial charge is 0.344 e. The van der Waals surface area contributed by atoms with Crippen LogP contribution in [0.25, 0.3) is 5.53 Å². The Balaban J connectivity index is 4.04. The highest BCUT2D eigenvalue weighted by Crippen LogP contribution is 1.90. The Morgan fingerprint density at radius 1 is 1.58 bits per heavy atom. The van der Waals surface area contributed by atoms with Crippen LogP contribution in [0.15, 0.2) is 11.6 Å². The SMILES string of the molecule is CC(C)=CCN(C)C(=O)C=[N+]=[N-]. The lowest BCUT2D eigenvalue weighted by molar-refractivity contribution is -0.125. The van der Waals surface area contributed by atoms with Gasteiger partial charge in [-0.25, -0.2) is 0 Å². The summed E-state index contributed by atoms with van der Waals surface area (Å²) in [5, 5.41) is 0. The summed E-state index contributed by atoms with van der Waals surface area (Å²) in [4.78, 5) is 15.0. The number of carbonyl (C=O) groups excluding carboxylic acids is 1. The summed E-state index contributed by atoms with van der Waals surface area (Å²) in [6.07, 6.45) is 2.79. The molecular weight excluding hydrogens is 154 g/mol. The molecule has 4 nitrogen and oxygen atoms in total. The second-order valence-corrected chi connectivity index (χ2v) is 2.74. The fraction of sp³-hybridized carbons (Fsp3) is 0.500. The maximum absolute atomic E-state index is 10.9. The lowest BCUT2D eigenvalue weighted by Gasteiger charge is -2.09. The molecule has 0 fully saturated rings. The number of hydrogen-bond donors (Lipinski definition) is 0. The zero-order valence-electron chi connectivity index (χ0n) is 7.61. The molecule has 0 aliphatic heterocycles. The van der Waals surface area contributed by atoms with Crippen molar-refractivity contribution in [2.75, 3.05) is 13.6 Å². The third-order valence-corrected chi connectivity index (χ3v) is 1.32. The van der Waals surface area contributed by atoms with Crippen LogP contribution in [-0.2, 0) is 4.79 Å². The Labute approximate surface area is 72.1 Å². The molecule has 0 N–H and O–H groups in total. The third-order valence-electron chi connectivity index (χ3n) is 1.32. The van der Waals surface area contributed by atoms with Gasteiger partial charge in [-0.3, -0.25) is 4.79 Å². The fourth-order valence-electron chi connectivity index (χ4n) is 0.557. The summed E-state index contributed by atoms with van der Waals surface area (Å²) in [7, 11) is 1.64. The quantitative estimate of drug-likeness (QED) is 0.264. The molecule has 12 heavy (non-hydrogen) atoms. The first-order chi connectivity index (χ1) is 5.57. The van der Waals surface area contributed by atoms with Crippen LogP contribution in [0.3, 0.4) is 0 Å². The van der Waals surface area contributed by atoms with E-state index >= 15 is 0 Å². The highest BCUT2D eigenvalue weighted by atomic mass is 16.2. The van der Waals surface area contributed by atoms with Gasteiger partial charge < -0.3 is 10.4 Å². The largest absolute Gasteiger partial charge is 0.361 e. The van der Waals surface area contributed by atoms with Gasteiger partial charge in [-0.2, -0.15) is 4.79 Å². The van der Waals surface area contributed by atoms with Crippen molar-refractivity contribution >= 4 is 12.1 Å². The molecule has 0 unspecified atom stereocenters. The first kappa shape index (κ1) is 10.6. The highest BCUT2D eigenvalue weighted by molar-refractivity contribution is 6.23. The molecule has 66 valence electrons. The van der Waals surface area contributed by atoms with E-state index < -0.39 is 0 Å². The first-order valence-corrected chi connectivity index (χ1v) is 3.63. The monoisotopic (exact) mass is 167 g/mol. The molecule has 1 amide bonds. The number of rotatable bonds is 3. The number of amides is 1. The van der Waals surface area contributed by atoms with Gasteiger partial charge in [0.15, 0.2) is 0 Å². The Morgan fingerprint density at radius 2 is 2.17 bits per heavy atom. The van der Waals surface area contributed by atoms with Gasteiger partial charge >= 0.3 is 12.1 Å². The zero-order valence-corrected chi connectivity index (χ0v) is 7.61. The van der Waals surface area contributed by atoms with Crippen molar-refractivity contribution in [3.8, 4) is 0 Å². The molecule has 0 aliphatic carbocycles. The molecule has 0 saturated carbocycles. The van der Waals surface area contributed by atoms with Crippen molar-refractivity contribution in [3.63, 3.8) is 0 Å². The normalized spacial score (nSPS) is 8.25. The molecule has 0 bridgehead atoms. The van der Waals surface area contributed by atoms with E-state index in [0.29, 0.717) is 6.54 Å². The molecule has 0 aromatic carbocycles. The molecule has 0 heterocycles. The van der Waals surface area contributed by atoms with E-state index in [4.69, 9.17) is 5.53 Å². The third kappa shape index (κ3) is 4.41. The van der Waals surface area contributed by atoms with Crippen LogP contribution in [0.4, 0.5) is 0 Å². The van der Waals surface area contributed by atoms with E-state index in [1.54, 1.807) is 7.05 Å². The number of likely N-dealkylation sites (N-methyl/N-ethyl adjacent to an activating group) is 1. The van der Waals surface area contributed by atoms with E-state index in [1.807, 2.05) is 19.9 Å². The fourth-order valence-corrected chi connectivity index (χ4v) is 0.557. The molecule has 0 atom stereocenters. The Kier molecular flexibility index (Phi) is 4.65. The average molecular weight is 167 g/mol. The van der Waals surface area contributed by atoms with Crippen LogP contribution in [0, 0.1) is 0 Å². The number of hydrogen-bond acceptors (Lipinski definition) is 1. The summed E-state index contributed by atoms with van der Waals surface area (Å²) < 4.78 is 0. The minimum Gasteiger partial charge on any atom is -0.361 e. The van der Waals surface area contributed by atoms with Crippen LogP contribution in [-0.4, -0.2) is 35.4 Å². The molecule has 0 aromatic heterocycles. The Bertz CT molecular complexity index is 235. The first-order valence-electron chi connectivity index (χ1n) is 3.63. The van der Waals surface area contributed by atoms with Crippen LogP contribution >= 0.6 is 0 Å². The number of allylic oxidation sites excluding steroid dienone is 1. The van der Waals surface area contributed by atoms with E-state index in [1.165, 1.54) is 4.90 Å². The van der Waals surface area contributed by atoms with Crippen LogP contribution in [0.5, 0.6) is 0 Å². The van der Waals surface area contributed by atoms with Crippen molar-refractivity contribution in [1.29, 1.82) is 0 Å². The van der Waals surface area contributed by atoms with Gasteiger partial charge in [-0.1, -0.05) is 11.6 Å². The van der Waals surface area contributed by atoms with Crippen LogP contribution < -0.4 is 0 Å². The van der Waals surface area contributed by atoms with Gasteiger partial charge in [-0.15, -0.1) is 0 Å². The van der Waals surface area contributed by atoms with Gasteiger partial charge in [-0.05, 0) is 13.8 Å². The Morgan fingerprint density at radius 3 is 2.58 bits per heavy atom. The summed E-state index contributed by atoms with van der Waals surface area (Å²) >= 11 is 0. The van der Waals surface area contributed by atoms with E-state index in [0.717, 1.165) is 11.8 Å². The summed E-state index contributed by atoms with van der Waals surface area (Å²) in [6.45, 7) is 4.45. The molecule has 0 rings (SSSR count). The van der Waals surface area contributed by atoms with Crippen molar-refractivity contribution in [3.05, 3.63) is 17.2 Å². The van der Waals surface area contributed by atoms with Crippen molar-refractivity contribution in [2.45, 2.75) is 13.8 Å². The highest BCUT2D eigenvalue weighted by Gasteiger charge is 2.06. The van der Waals surface area contributed by atoms with E-state index in [9.17, 15) is 4.79 Å². The second kappa shape index (κ2) is 5.27. The van der Waals surface area contributed by atoms with Gasteiger partial charge in [0.25, 0.3) is 0 Å². The lowest BCUT2D eigenvalue weighted by Crippen LogP contribution is -2.27. The maximum atomic E-state index is 10.9. The minimum atomic E-state index is -0.310. The maximum Gasteiger partial charge on any atom is 0.344 e. The van der Waals surface area contributed by atoms with Crippen molar-refractivity contribution < 1.29 is 9.58 Å². The standard InChI is InChI=1S/C8H13N3O/c1-7(2)4-5-11(3)8(12)6-10-9/h4,6H,5H2,1-3H3. The molecule has 4 heteroatoms. The predicted molar refractivity (Wildman–Crippen MR) is 46.8 cm³/mol. The van der Waals surface area contributed by atoms with E-state index in [-0.39, 0.29) is 5.91 Å². The topological polar surface area (TPSA) is 56.7 Å². The molecule has 0 saturated heterocycles. The molecule has 0 radical (unpaired) electrons. The van der Waals surface area contributed by atoms with Gasteiger partial charge in [0.2, 0.25) is 0 Å². The predicted octanol–water partition coefficient (Wildman–Crippen LogP) is 0.712. The van der Waals surface area contributed by atoms with E-state index in [2.05, 4.69) is 4.79 Å². The Hall–Kier alpha value is -1.41. The second-order valence-electron chi connectivity index (χ2n) is 2.74. The van der Waals surface area contributed by atoms with Crippen LogP contribution in [0.2, 0.25) is 0 Å². The van der Waals surface area contributed by atoms with Crippen LogP contribution in [0.1, 0.15) is 13.8 Å². The van der Waals surface area contributed by atoms with Crippen molar-refractivity contribution in [1.82, 2.24) is 4.90 Å². The van der Waals surface area contributed by atoms with Crippen molar-refractivity contribution in [2.24, 2.45) is 0 Å². The summed E-state index contributed by atoms with van der Waals surface area (Å²) in [5.41, 5.74) is 9.22. The zero-order chi connectivity index (χ0) is 9.56. The minimum absolute atomic E-state index is 0.310. The molecular formula is C8H13N3O. The average Bonchev–Trinajstić information content (AvgIpc) is 2.00. The molecule has 0 aromatic rings. The van der Waals surface area contributed by atoms with Gasteiger partial charge in [0.1, 0.15) is 0 Å². The summed E-state index contributed by atoms with van der Waals surface area (Å²) in [5.74, 6) is -0.310.